The number of carbonyl (C=O) groups is 1. The quantitative estimate of drug-likeness (QED) is 0.523. The third kappa shape index (κ3) is 5.65. The number of rotatable bonds is 9. The molecular weight excluding hydrogens is 386 g/mol. The number of thiazole rings is 1. The highest BCUT2D eigenvalue weighted by atomic mass is 32.1. The minimum absolute atomic E-state index is 0.261. The fourth-order valence-electron chi connectivity index (χ4n) is 2.84. The second-order valence-corrected chi connectivity index (χ2v) is 8.30. The van der Waals surface area contributed by atoms with E-state index < -0.39 is 17.5 Å². The van der Waals surface area contributed by atoms with Crippen LogP contribution in [-0.2, 0) is 22.6 Å². The maximum Gasteiger partial charge on any atom is 0.314 e. The van der Waals surface area contributed by atoms with E-state index in [-0.39, 0.29) is 6.61 Å². The van der Waals surface area contributed by atoms with Gasteiger partial charge in [0, 0.05) is 17.5 Å². The first kappa shape index (κ1) is 21.0. The Balaban J connectivity index is 1.59. The van der Waals surface area contributed by atoms with Gasteiger partial charge in [-0.05, 0) is 37.1 Å². The van der Waals surface area contributed by atoms with Crippen molar-refractivity contribution in [3.8, 4) is 5.75 Å². The normalized spacial score (nSPS) is 12.4. The molecule has 0 radical (unpaired) electrons. The summed E-state index contributed by atoms with van der Waals surface area (Å²) in [7, 11) is 0. The predicted octanol–water partition coefficient (Wildman–Crippen LogP) is 4.57. The maximum atomic E-state index is 12.6. The molecule has 0 spiro atoms. The highest BCUT2D eigenvalue weighted by Crippen LogP contribution is 2.36. The van der Waals surface area contributed by atoms with Gasteiger partial charge in [0.25, 0.3) is 0 Å². The van der Waals surface area contributed by atoms with Crippen LogP contribution >= 0.6 is 11.3 Å². The van der Waals surface area contributed by atoms with Gasteiger partial charge >= 0.3 is 5.97 Å². The van der Waals surface area contributed by atoms with Gasteiger partial charge in [0.15, 0.2) is 0 Å². The average Bonchev–Trinajstić information content (AvgIpc) is 3.26. The third-order valence-electron chi connectivity index (χ3n) is 4.70. The molecule has 152 valence electrons. The lowest BCUT2D eigenvalue weighted by Crippen LogP contribution is -2.33. The van der Waals surface area contributed by atoms with Gasteiger partial charge in [0.1, 0.15) is 12.4 Å². The number of carbonyl (C=O) groups excluding carboxylic acids is 1. The molecule has 0 fully saturated rings. The molecule has 3 aromatic rings. The van der Waals surface area contributed by atoms with E-state index in [4.69, 9.17) is 9.47 Å². The molecule has 0 aliphatic carbocycles. The molecule has 0 saturated heterocycles. The standard InChI is InChI=1S/C23H25NO4S/c1-23(2,22(26)27-12-11-20-14-24-16-29-20)21(25)18-9-6-10-19(13-18)28-15-17-7-4-3-5-8-17/h3-10,13-14,16,21,25H,11-12,15H2,1-2H3. The first-order valence-electron chi connectivity index (χ1n) is 9.46. The summed E-state index contributed by atoms with van der Waals surface area (Å²) < 4.78 is 11.2. The molecule has 0 aliphatic heterocycles. The Morgan fingerprint density at radius 1 is 1.17 bits per heavy atom. The van der Waals surface area contributed by atoms with Crippen LogP contribution in [0.2, 0.25) is 0 Å². The highest BCUT2D eigenvalue weighted by Gasteiger charge is 2.38. The topological polar surface area (TPSA) is 68.7 Å². The van der Waals surface area contributed by atoms with Crippen LogP contribution in [0.15, 0.2) is 66.3 Å². The van der Waals surface area contributed by atoms with Crippen LogP contribution in [0.3, 0.4) is 0 Å². The number of hydrogen-bond acceptors (Lipinski definition) is 6. The lowest BCUT2D eigenvalue weighted by atomic mass is 9.82. The van der Waals surface area contributed by atoms with Crippen molar-refractivity contribution < 1.29 is 19.4 Å². The van der Waals surface area contributed by atoms with Crippen LogP contribution in [0.4, 0.5) is 0 Å². The largest absolute Gasteiger partial charge is 0.489 e. The zero-order valence-electron chi connectivity index (χ0n) is 16.6. The fraction of sp³-hybridized carbons (Fsp3) is 0.304. The molecule has 3 rings (SSSR count). The van der Waals surface area contributed by atoms with E-state index in [1.165, 1.54) is 11.3 Å². The zero-order valence-corrected chi connectivity index (χ0v) is 17.4. The summed E-state index contributed by atoms with van der Waals surface area (Å²) in [6, 6.07) is 17.0. The smallest absolute Gasteiger partial charge is 0.314 e. The molecule has 2 aromatic carbocycles. The SMILES string of the molecule is CC(C)(C(=O)OCCc1cncs1)C(O)c1cccc(OCc2ccccc2)c1. The number of esters is 1. The van der Waals surface area contributed by atoms with Crippen molar-refractivity contribution >= 4 is 17.3 Å². The van der Waals surface area contributed by atoms with Crippen molar-refractivity contribution in [2.45, 2.75) is 33.0 Å². The van der Waals surface area contributed by atoms with Crippen LogP contribution in [0, 0.1) is 5.41 Å². The number of nitrogens with zero attached hydrogens (tertiary/aromatic N) is 1. The van der Waals surface area contributed by atoms with Crippen LogP contribution in [0.25, 0.3) is 0 Å². The summed E-state index contributed by atoms with van der Waals surface area (Å²) >= 11 is 1.52. The van der Waals surface area contributed by atoms with Crippen molar-refractivity contribution in [1.82, 2.24) is 4.98 Å². The summed E-state index contributed by atoms with van der Waals surface area (Å²) in [5.74, 6) is 0.199. The van der Waals surface area contributed by atoms with Gasteiger partial charge < -0.3 is 14.6 Å². The summed E-state index contributed by atoms with van der Waals surface area (Å²) in [6.45, 7) is 4.06. The van der Waals surface area contributed by atoms with Gasteiger partial charge in [-0.25, -0.2) is 0 Å². The Morgan fingerprint density at radius 2 is 1.97 bits per heavy atom. The Labute approximate surface area is 175 Å². The van der Waals surface area contributed by atoms with E-state index in [1.54, 1.807) is 37.7 Å². The Bertz CT molecular complexity index is 910. The molecule has 0 aliphatic rings. The van der Waals surface area contributed by atoms with E-state index in [9.17, 15) is 9.90 Å². The van der Waals surface area contributed by atoms with Crippen LogP contribution in [0.1, 0.15) is 36.0 Å². The first-order valence-corrected chi connectivity index (χ1v) is 10.3. The zero-order chi connectivity index (χ0) is 20.7. The lowest BCUT2D eigenvalue weighted by Gasteiger charge is -2.28. The summed E-state index contributed by atoms with van der Waals surface area (Å²) in [5, 5.41) is 10.8. The molecule has 5 nitrogen and oxygen atoms in total. The molecule has 6 heteroatoms. The van der Waals surface area contributed by atoms with E-state index in [1.807, 2.05) is 42.5 Å². The number of hydrogen-bond donors (Lipinski definition) is 1. The Morgan fingerprint density at radius 3 is 2.69 bits per heavy atom. The van der Waals surface area contributed by atoms with E-state index in [2.05, 4.69) is 4.98 Å². The van der Waals surface area contributed by atoms with Crippen LogP contribution < -0.4 is 4.74 Å². The van der Waals surface area contributed by atoms with Crippen molar-refractivity contribution in [3.63, 3.8) is 0 Å². The van der Waals surface area contributed by atoms with E-state index >= 15 is 0 Å². The van der Waals surface area contributed by atoms with E-state index in [0.29, 0.717) is 24.3 Å². The summed E-state index contributed by atoms with van der Waals surface area (Å²) in [5.41, 5.74) is 2.33. The van der Waals surface area contributed by atoms with Gasteiger partial charge in [0.05, 0.1) is 23.6 Å². The molecule has 0 bridgehead atoms. The fourth-order valence-corrected chi connectivity index (χ4v) is 3.42. The monoisotopic (exact) mass is 411 g/mol. The molecule has 1 aromatic heterocycles. The molecule has 29 heavy (non-hydrogen) atoms. The summed E-state index contributed by atoms with van der Waals surface area (Å²) in [6.07, 6.45) is 1.36. The third-order valence-corrected chi connectivity index (χ3v) is 5.54. The molecule has 0 amide bonds. The molecule has 1 N–H and O–H groups in total. The van der Waals surface area contributed by atoms with Gasteiger partial charge in [-0.15, -0.1) is 11.3 Å². The predicted molar refractivity (Wildman–Crippen MR) is 113 cm³/mol. The number of aliphatic hydroxyl groups excluding tert-OH is 1. The average molecular weight is 412 g/mol. The molecule has 0 saturated carbocycles. The molecule has 1 heterocycles. The Kier molecular flexibility index (Phi) is 7.01. The molecular formula is C23H25NO4S. The van der Waals surface area contributed by atoms with Gasteiger partial charge in [0.2, 0.25) is 0 Å². The van der Waals surface area contributed by atoms with Gasteiger partial charge in [-0.2, -0.15) is 0 Å². The van der Waals surface area contributed by atoms with E-state index in [0.717, 1.165) is 10.4 Å². The number of aliphatic hydroxyl groups is 1. The van der Waals surface area contributed by atoms with Crippen molar-refractivity contribution in [2.24, 2.45) is 5.41 Å². The minimum Gasteiger partial charge on any atom is -0.489 e. The second-order valence-electron chi connectivity index (χ2n) is 7.32. The number of ether oxygens (including phenoxy) is 2. The summed E-state index contributed by atoms with van der Waals surface area (Å²) in [4.78, 5) is 17.6. The number of benzene rings is 2. The maximum absolute atomic E-state index is 12.6. The minimum atomic E-state index is -1.09. The highest BCUT2D eigenvalue weighted by molar-refractivity contribution is 7.09. The second kappa shape index (κ2) is 9.67. The molecule has 1 unspecified atom stereocenters. The van der Waals surface area contributed by atoms with Crippen molar-refractivity contribution in [1.29, 1.82) is 0 Å². The van der Waals surface area contributed by atoms with Gasteiger partial charge in [-0.1, -0.05) is 42.5 Å². The van der Waals surface area contributed by atoms with Crippen molar-refractivity contribution in [2.75, 3.05) is 6.61 Å². The van der Waals surface area contributed by atoms with Crippen LogP contribution in [0.5, 0.6) is 5.75 Å². The first-order chi connectivity index (χ1) is 14.0. The van der Waals surface area contributed by atoms with Crippen LogP contribution in [-0.4, -0.2) is 22.7 Å². The van der Waals surface area contributed by atoms with Crippen molar-refractivity contribution in [3.05, 3.63) is 82.3 Å². The lowest BCUT2D eigenvalue weighted by molar-refractivity contribution is -0.160. The van der Waals surface area contributed by atoms with Gasteiger partial charge in [-0.3, -0.25) is 9.78 Å². The molecule has 1 atom stereocenters. The number of aromatic nitrogens is 1. The Hall–Kier alpha value is -2.70.